The minimum Gasteiger partial charge on any atom is -0.481 e. The summed E-state index contributed by atoms with van der Waals surface area (Å²) in [5, 5.41) is 9.07. The van der Waals surface area contributed by atoms with Gasteiger partial charge < -0.3 is 5.11 Å². The van der Waals surface area contributed by atoms with E-state index < -0.39 is 17.7 Å². The molecule has 0 saturated heterocycles. The molecule has 1 aromatic heterocycles. The lowest BCUT2D eigenvalue weighted by Gasteiger charge is -2.10. The van der Waals surface area contributed by atoms with Gasteiger partial charge in [0.2, 0.25) is 0 Å². The third-order valence-electron chi connectivity index (χ3n) is 2.73. The third kappa shape index (κ3) is 2.83. The van der Waals surface area contributed by atoms with Crippen LogP contribution in [0.2, 0.25) is 0 Å². The van der Waals surface area contributed by atoms with Crippen molar-refractivity contribution in [3.05, 3.63) is 41.1 Å². The summed E-state index contributed by atoms with van der Waals surface area (Å²) in [5.74, 6) is -1.03. The van der Waals surface area contributed by atoms with Gasteiger partial charge in [0.15, 0.2) is 0 Å². The first-order valence-electron chi connectivity index (χ1n) is 5.46. The molecule has 0 spiro atoms. The van der Waals surface area contributed by atoms with Crippen molar-refractivity contribution in [1.82, 2.24) is 4.98 Å². The Morgan fingerprint density at radius 1 is 1.32 bits per heavy atom. The molecular formula is C13H10F3NO2. The molecule has 2 aromatic rings. The van der Waals surface area contributed by atoms with E-state index in [2.05, 4.69) is 4.98 Å². The summed E-state index contributed by atoms with van der Waals surface area (Å²) in [5.41, 5.74) is 0.532. The Bertz CT molecular complexity index is 650. The predicted octanol–water partition coefficient (Wildman–Crippen LogP) is 3.19. The number of carbonyl (C=O) groups is 1. The van der Waals surface area contributed by atoms with Crippen molar-refractivity contribution in [2.45, 2.75) is 19.5 Å². The lowest BCUT2D eigenvalue weighted by atomic mass is 10.0. The number of carboxylic acid groups (broad SMARTS) is 1. The molecule has 2 rings (SSSR count). The number of halogens is 3. The number of aryl methyl sites for hydroxylation is 1. The Morgan fingerprint density at radius 3 is 2.58 bits per heavy atom. The van der Waals surface area contributed by atoms with Crippen LogP contribution in [0, 0.1) is 6.92 Å². The maximum atomic E-state index is 12.6. The molecule has 1 N–H and O–H groups in total. The Balaban J connectivity index is 2.57. The molecule has 0 aliphatic rings. The standard InChI is InChI=1S/C13H10F3NO2/c1-7-4-9(6-12(18)19)17-11-3-2-8(5-10(7)11)13(14,15)16/h2-5H,6H2,1H3,(H,18,19). The largest absolute Gasteiger partial charge is 0.481 e. The van der Waals surface area contributed by atoms with Crippen molar-refractivity contribution in [3.8, 4) is 0 Å². The van der Waals surface area contributed by atoms with E-state index in [9.17, 15) is 18.0 Å². The van der Waals surface area contributed by atoms with Crippen LogP contribution < -0.4 is 0 Å². The quantitative estimate of drug-likeness (QED) is 0.910. The van der Waals surface area contributed by atoms with Crippen LogP contribution in [0.3, 0.4) is 0 Å². The van der Waals surface area contributed by atoms with E-state index in [4.69, 9.17) is 5.11 Å². The molecule has 0 aliphatic heterocycles. The van der Waals surface area contributed by atoms with Gasteiger partial charge in [-0.15, -0.1) is 0 Å². The second-order valence-corrected chi connectivity index (χ2v) is 4.23. The van der Waals surface area contributed by atoms with E-state index in [-0.39, 0.29) is 6.42 Å². The number of alkyl halides is 3. The van der Waals surface area contributed by atoms with Crippen LogP contribution in [-0.4, -0.2) is 16.1 Å². The van der Waals surface area contributed by atoms with Gasteiger partial charge in [-0.1, -0.05) is 0 Å². The Kier molecular flexibility index (Phi) is 3.18. The van der Waals surface area contributed by atoms with Gasteiger partial charge in [0.25, 0.3) is 0 Å². The number of aliphatic carboxylic acids is 1. The molecule has 6 heteroatoms. The van der Waals surface area contributed by atoms with Crippen molar-refractivity contribution in [1.29, 1.82) is 0 Å². The molecular weight excluding hydrogens is 259 g/mol. The fraction of sp³-hybridized carbons (Fsp3) is 0.231. The number of hydrogen-bond donors (Lipinski definition) is 1. The van der Waals surface area contributed by atoms with Crippen molar-refractivity contribution >= 4 is 16.9 Å². The highest BCUT2D eigenvalue weighted by Gasteiger charge is 2.30. The van der Waals surface area contributed by atoms with Gasteiger partial charge in [0, 0.05) is 5.39 Å². The number of rotatable bonds is 2. The van der Waals surface area contributed by atoms with Crippen molar-refractivity contribution in [2.24, 2.45) is 0 Å². The van der Waals surface area contributed by atoms with Gasteiger partial charge in [-0.25, -0.2) is 0 Å². The SMILES string of the molecule is Cc1cc(CC(=O)O)nc2ccc(C(F)(F)F)cc12. The molecule has 0 bridgehead atoms. The summed E-state index contributed by atoms with van der Waals surface area (Å²) < 4.78 is 37.8. The lowest BCUT2D eigenvalue weighted by molar-refractivity contribution is -0.138. The molecule has 19 heavy (non-hydrogen) atoms. The summed E-state index contributed by atoms with van der Waals surface area (Å²) in [7, 11) is 0. The van der Waals surface area contributed by atoms with Gasteiger partial charge in [-0.05, 0) is 36.8 Å². The Labute approximate surface area is 106 Å². The molecule has 0 unspecified atom stereocenters. The average molecular weight is 269 g/mol. The van der Waals surface area contributed by atoms with E-state index in [0.29, 0.717) is 22.2 Å². The molecule has 100 valence electrons. The first-order valence-corrected chi connectivity index (χ1v) is 5.46. The topological polar surface area (TPSA) is 50.2 Å². The van der Waals surface area contributed by atoms with Crippen molar-refractivity contribution < 1.29 is 23.1 Å². The third-order valence-corrected chi connectivity index (χ3v) is 2.73. The van der Waals surface area contributed by atoms with E-state index >= 15 is 0 Å². The first-order chi connectivity index (χ1) is 8.77. The summed E-state index contributed by atoms with van der Waals surface area (Å²) in [6.07, 6.45) is -4.65. The highest BCUT2D eigenvalue weighted by atomic mass is 19.4. The van der Waals surface area contributed by atoms with Crippen LogP contribution in [0.4, 0.5) is 13.2 Å². The van der Waals surface area contributed by atoms with E-state index in [1.165, 1.54) is 12.1 Å². The number of aromatic nitrogens is 1. The van der Waals surface area contributed by atoms with Gasteiger partial charge in [0.1, 0.15) is 0 Å². The van der Waals surface area contributed by atoms with Gasteiger partial charge in [-0.2, -0.15) is 13.2 Å². The number of hydrogen-bond acceptors (Lipinski definition) is 2. The fourth-order valence-electron chi connectivity index (χ4n) is 1.89. The second-order valence-electron chi connectivity index (χ2n) is 4.23. The fourth-order valence-corrected chi connectivity index (χ4v) is 1.89. The van der Waals surface area contributed by atoms with Gasteiger partial charge in [-0.3, -0.25) is 9.78 Å². The second kappa shape index (κ2) is 4.53. The molecule has 1 aromatic carbocycles. The number of nitrogens with zero attached hydrogens (tertiary/aromatic N) is 1. The summed E-state index contributed by atoms with van der Waals surface area (Å²) in [4.78, 5) is 14.7. The predicted molar refractivity (Wildman–Crippen MR) is 62.8 cm³/mol. The molecule has 0 radical (unpaired) electrons. The zero-order valence-electron chi connectivity index (χ0n) is 9.95. The smallest absolute Gasteiger partial charge is 0.416 e. The van der Waals surface area contributed by atoms with Crippen LogP contribution >= 0.6 is 0 Å². The molecule has 1 heterocycles. The summed E-state index contributed by atoms with van der Waals surface area (Å²) in [6, 6.07) is 4.73. The lowest BCUT2D eigenvalue weighted by Crippen LogP contribution is -2.06. The van der Waals surface area contributed by atoms with E-state index in [1.807, 2.05) is 0 Å². The van der Waals surface area contributed by atoms with Crippen LogP contribution in [0.15, 0.2) is 24.3 Å². The number of benzene rings is 1. The maximum Gasteiger partial charge on any atom is 0.416 e. The number of fused-ring (bicyclic) bond motifs is 1. The summed E-state index contributed by atoms with van der Waals surface area (Å²) >= 11 is 0. The minimum absolute atomic E-state index is 0.252. The van der Waals surface area contributed by atoms with Crippen LogP contribution in [0.1, 0.15) is 16.8 Å². The highest BCUT2D eigenvalue weighted by molar-refractivity contribution is 5.83. The minimum atomic E-state index is -4.40. The van der Waals surface area contributed by atoms with Crippen molar-refractivity contribution in [2.75, 3.05) is 0 Å². The normalized spacial score (nSPS) is 11.8. The van der Waals surface area contributed by atoms with Crippen molar-refractivity contribution in [3.63, 3.8) is 0 Å². The van der Waals surface area contributed by atoms with E-state index in [0.717, 1.165) is 12.1 Å². The van der Waals surface area contributed by atoms with Crippen LogP contribution in [-0.2, 0) is 17.4 Å². The molecule has 3 nitrogen and oxygen atoms in total. The summed E-state index contributed by atoms with van der Waals surface area (Å²) in [6.45, 7) is 1.63. The zero-order chi connectivity index (χ0) is 14.2. The molecule has 0 amide bonds. The number of carboxylic acids is 1. The Hall–Kier alpha value is -2.11. The van der Waals surface area contributed by atoms with E-state index in [1.54, 1.807) is 6.92 Å². The monoisotopic (exact) mass is 269 g/mol. The van der Waals surface area contributed by atoms with Crippen LogP contribution in [0.5, 0.6) is 0 Å². The Morgan fingerprint density at radius 2 is 2.00 bits per heavy atom. The molecule has 0 aliphatic carbocycles. The number of pyridine rings is 1. The van der Waals surface area contributed by atoms with Gasteiger partial charge >= 0.3 is 12.1 Å². The molecule has 0 atom stereocenters. The molecule has 0 saturated carbocycles. The average Bonchev–Trinajstić information content (AvgIpc) is 2.26. The van der Waals surface area contributed by atoms with Crippen LogP contribution in [0.25, 0.3) is 10.9 Å². The van der Waals surface area contributed by atoms with Gasteiger partial charge in [0.05, 0.1) is 23.2 Å². The highest BCUT2D eigenvalue weighted by Crippen LogP contribution is 2.32. The zero-order valence-corrected chi connectivity index (χ0v) is 9.95. The maximum absolute atomic E-state index is 12.6. The molecule has 0 fully saturated rings. The first kappa shape index (κ1) is 13.3.